The van der Waals surface area contributed by atoms with Crippen LogP contribution in [-0.2, 0) is 11.3 Å². The van der Waals surface area contributed by atoms with Crippen LogP contribution < -0.4 is 0 Å². The molecule has 1 saturated heterocycles. The molecule has 3 heteroatoms. The van der Waals surface area contributed by atoms with Crippen LogP contribution in [0.1, 0.15) is 11.1 Å². The Morgan fingerprint density at radius 1 is 1.16 bits per heavy atom. The Morgan fingerprint density at radius 2 is 1.95 bits per heavy atom. The molecule has 3 rings (SSSR count). The predicted molar refractivity (Wildman–Crippen MR) is 72.5 cm³/mol. The third-order valence-corrected chi connectivity index (χ3v) is 3.31. The van der Waals surface area contributed by atoms with Gasteiger partial charge >= 0.3 is 0 Å². The fraction of sp³-hybridized carbons (Fsp3) is 0.250. The van der Waals surface area contributed by atoms with Gasteiger partial charge < -0.3 is 14.9 Å². The maximum Gasteiger partial charge on any atom is 0.172 e. The van der Waals surface area contributed by atoms with Gasteiger partial charge in [-0.25, -0.2) is 0 Å². The molecule has 1 aliphatic rings. The predicted octanol–water partition coefficient (Wildman–Crippen LogP) is 1.44. The molecule has 0 aromatic heterocycles. The van der Waals surface area contributed by atoms with Crippen LogP contribution in [0.15, 0.2) is 36.4 Å². The van der Waals surface area contributed by atoms with Gasteiger partial charge in [0, 0.05) is 11.1 Å². The first-order valence-electron chi connectivity index (χ1n) is 6.17. The van der Waals surface area contributed by atoms with Crippen LogP contribution in [0.4, 0.5) is 0 Å². The molecule has 2 aromatic rings. The maximum absolute atomic E-state index is 9.89. The zero-order valence-corrected chi connectivity index (χ0v) is 10.4. The summed E-state index contributed by atoms with van der Waals surface area (Å²) in [6.45, 7) is 0.435. The molecule has 3 nitrogen and oxygen atoms in total. The van der Waals surface area contributed by atoms with Crippen LogP contribution in [0.25, 0.3) is 10.8 Å². The highest BCUT2D eigenvalue weighted by atomic mass is 16.5. The van der Waals surface area contributed by atoms with E-state index in [0.29, 0.717) is 0 Å². The molecule has 2 N–H and O–H groups in total. The van der Waals surface area contributed by atoms with Gasteiger partial charge in [0.2, 0.25) is 0 Å². The van der Waals surface area contributed by atoms with E-state index >= 15 is 0 Å². The molecule has 0 unspecified atom stereocenters. The summed E-state index contributed by atoms with van der Waals surface area (Å²) in [5, 5.41) is 21.5. The summed E-state index contributed by atoms with van der Waals surface area (Å²) in [6.07, 6.45) is 0. The molecule has 0 saturated carbocycles. The highest BCUT2D eigenvalue weighted by molar-refractivity contribution is 5.87. The zero-order chi connectivity index (χ0) is 13.3. The van der Waals surface area contributed by atoms with Gasteiger partial charge in [0.05, 0.1) is 19.8 Å². The fourth-order valence-corrected chi connectivity index (χ4v) is 2.17. The molecule has 1 fully saturated rings. The Hall–Kier alpha value is -1.86. The normalized spacial score (nSPS) is 16.5. The Labute approximate surface area is 111 Å². The van der Waals surface area contributed by atoms with E-state index in [4.69, 9.17) is 4.74 Å². The van der Waals surface area contributed by atoms with Crippen LogP contribution in [0.5, 0.6) is 0 Å². The molecule has 0 radical (unpaired) electrons. The third kappa shape index (κ3) is 2.22. The molecule has 96 valence electrons. The third-order valence-electron chi connectivity index (χ3n) is 3.31. The number of hydrogen-bond acceptors (Lipinski definition) is 3. The second-order valence-corrected chi connectivity index (χ2v) is 4.75. The minimum atomic E-state index is -1.03. The van der Waals surface area contributed by atoms with Gasteiger partial charge in [0.1, 0.15) is 0 Å². The summed E-state index contributed by atoms with van der Waals surface area (Å²) in [7, 11) is 0. The second kappa shape index (κ2) is 4.67. The van der Waals surface area contributed by atoms with Gasteiger partial charge in [-0.15, -0.1) is 0 Å². The number of aliphatic hydroxyl groups is 2. The summed E-state index contributed by atoms with van der Waals surface area (Å²) in [5.41, 5.74) is 0.522. The zero-order valence-electron chi connectivity index (χ0n) is 10.4. The van der Waals surface area contributed by atoms with Crippen molar-refractivity contribution >= 4 is 10.8 Å². The van der Waals surface area contributed by atoms with Crippen molar-refractivity contribution in [2.75, 3.05) is 13.2 Å². The summed E-state index contributed by atoms with van der Waals surface area (Å²) in [6, 6.07) is 11.7. The Morgan fingerprint density at radius 3 is 2.63 bits per heavy atom. The van der Waals surface area contributed by atoms with Crippen molar-refractivity contribution in [1.29, 1.82) is 0 Å². The Kier molecular flexibility index (Phi) is 3.00. The first-order valence-corrected chi connectivity index (χ1v) is 6.17. The molecule has 0 aliphatic carbocycles. The number of fused-ring (bicyclic) bond motifs is 1. The number of aliphatic hydroxyl groups excluding tert-OH is 1. The van der Waals surface area contributed by atoms with Crippen molar-refractivity contribution in [2.24, 2.45) is 0 Å². The molecule has 1 heterocycles. The van der Waals surface area contributed by atoms with E-state index in [0.717, 1.165) is 21.9 Å². The van der Waals surface area contributed by atoms with Crippen molar-refractivity contribution < 1.29 is 14.9 Å². The lowest BCUT2D eigenvalue weighted by molar-refractivity contribution is -0.140. The van der Waals surface area contributed by atoms with Gasteiger partial charge in [0.25, 0.3) is 0 Å². The van der Waals surface area contributed by atoms with Crippen molar-refractivity contribution in [3.63, 3.8) is 0 Å². The van der Waals surface area contributed by atoms with Crippen molar-refractivity contribution in [3.05, 3.63) is 47.5 Å². The van der Waals surface area contributed by atoms with E-state index < -0.39 is 5.60 Å². The van der Waals surface area contributed by atoms with Gasteiger partial charge in [-0.1, -0.05) is 42.2 Å². The van der Waals surface area contributed by atoms with Crippen molar-refractivity contribution in [2.45, 2.75) is 12.2 Å². The minimum Gasteiger partial charge on any atom is -0.392 e. The van der Waals surface area contributed by atoms with Crippen LogP contribution in [-0.4, -0.2) is 29.0 Å². The van der Waals surface area contributed by atoms with Crippen molar-refractivity contribution in [1.82, 2.24) is 0 Å². The highest BCUT2D eigenvalue weighted by Gasteiger charge is 2.33. The standard InChI is InChI=1S/C16H14O3/c17-9-15-13(7-8-16(18)10-19-11-16)6-5-12-3-1-2-4-14(12)15/h1-6,17-18H,9-11H2. The largest absolute Gasteiger partial charge is 0.392 e. The van der Waals surface area contributed by atoms with Gasteiger partial charge in [-0.3, -0.25) is 0 Å². The molecule has 0 amide bonds. The lowest BCUT2D eigenvalue weighted by Crippen LogP contribution is -2.48. The van der Waals surface area contributed by atoms with Crippen LogP contribution in [0.3, 0.4) is 0 Å². The first kappa shape index (κ1) is 12.2. The summed E-state index contributed by atoms with van der Waals surface area (Å²) >= 11 is 0. The number of benzene rings is 2. The fourth-order valence-electron chi connectivity index (χ4n) is 2.17. The first-order chi connectivity index (χ1) is 9.22. The molecule has 1 aliphatic heterocycles. The maximum atomic E-state index is 9.89. The Bertz CT molecular complexity index is 675. The summed E-state index contributed by atoms with van der Waals surface area (Å²) < 4.78 is 4.95. The molecular formula is C16H14O3. The minimum absolute atomic E-state index is 0.0692. The monoisotopic (exact) mass is 254 g/mol. The average molecular weight is 254 g/mol. The highest BCUT2D eigenvalue weighted by Crippen LogP contribution is 2.23. The van der Waals surface area contributed by atoms with E-state index in [2.05, 4.69) is 11.8 Å². The quantitative estimate of drug-likeness (QED) is 0.757. The van der Waals surface area contributed by atoms with Gasteiger partial charge in [-0.05, 0) is 16.8 Å². The SMILES string of the molecule is OCc1c(C#CC2(O)COC2)ccc2ccccc12. The van der Waals surface area contributed by atoms with Gasteiger partial charge in [-0.2, -0.15) is 0 Å². The molecule has 0 spiro atoms. The van der Waals surface area contributed by atoms with Crippen LogP contribution in [0, 0.1) is 11.8 Å². The smallest absolute Gasteiger partial charge is 0.172 e. The molecular weight excluding hydrogens is 240 g/mol. The molecule has 0 bridgehead atoms. The number of ether oxygens (including phenoxy) is 1. The van der Waals surface area contributed by atoms with E-state index in [1.807, 2.05) is 36.4 Å². The molecule has 0 atom stereocenters. The number of rotatable bonds is 1. The van der Waals surface area contributed by atoms with E-state index in [1.54, 1.807) is 0 Å². The van der Waals surface area contributed by atoms with E-state index in [9.17, 15) is 10.2 Å². The molecule has 2 aromatic carbocycles. The van der Waals surface area contributed by atoms with E-state index in [-0.39, 0.29) is 19.8 Å². The Balaban J connectivity index is 2.08. The second-order valence-electron chi connectivity index (χ2n) is 4.75. The summed E-state index contributed by atoms with van der Waals surface area (Å²) in [4.78, 5) is 0. The topological polar surface area (TPSA) is 49.7 Å². The lowest BCUT2D eigenvalue weighted by Gasteiger charge is -2.31. The van der Waals surface area contributed by atoms with Crippen LogP contribution in [0.2, 0.25) is 0 Å². The average Bonchev–Trinajstić information content (AvgIpc) is 2.42. The van der Waals surface area contributed by atoms with Crippen molar-refractivity contribution in [3.8, 4) is 11.8 Å². The summed E-state index contributed by atoms with van der Waals surface area (Å²) in [5.74, 6) is 5.78. The van der Waals surface area contributed by atoms with Gasteiger partial charge in [0.15, 0.2) is 5.60 Å². The molecule has 19 heavy (non-hydrogen) atoms. The number of hydrogen-bond donors (Lipinski definition) is 2. The van der Waals surface area contributed by atoms with E-state index in [1.165, 1.54) is 0 Å². The van der Waals surface area contributed by atoms with Crippen LogP contribution >= 0.6 is 0 Å². The lowest BCUT2D eigenvalue weighted by atomic mass is 9.98.